The van der Waals surface area contributed by atoms with Crippen molar-refractivity contribution in [2.75, 3.05) is 12.3 Å². The van der Waals surface area contributed by atoms with Crippen molar-refractivity contribution in [1.82, 2.24) is 4.73 Å². The zero-order valence-corrected chi connectivity index (χ0v) is 13.0. The first-order valence-corrected chi connectivity index (χ1v) is 7.32. The van der Waals surface area contributed by atoms with E-state index in [0.29, 0.717) is 27.9 Å². The Balaban J connectivity index is 2.33. The monoisotopic (exact) mass is 312 g/mol. The summed E-state index contributed by atoms with van der Waals surface area (Å²) in [5.41, 5.74) is 8.53. The first-order chi connectivity index (χ1) is 11.0. The molecule has 3 aromatic rings. The van der Waals surface area contributed by atoms with E-state index in [1.165, 1.54) is 0 Å². The number of nitrogens with zero attached hydrogens (tertiary/aromatic N) is 2. The number of fused-ring (bicyclic) bond motifs is 1. The molecule has 0 aliphatic carbocycles. The van der Waals surface area contributed by atoms with Crippen LogP contribution in [0.4, 0.5) is 5.82 Å². The van der Waals surface area contributed by atoms with Crippen molar-refractivity contribution >= 4 is 16.9 Å². The molecule has 0 saturated carbocycles. The molecule has 3 rings (SSSR count). The van der Waals surface area contributed by atoms with Gasteiger partial charge in [-0.25, -0.2) is 0 Å². The predicted octanol–water partition coefficient (Wildman–Crippen LogP) is 2.75. The van der Waals surface area contributed by atoms with Gasteiger partial charge in [0.05, 0.1) is 6.61 Å². The van der Waals surface area contributed by atoms with E-state index in [2.05, 4.69) is 0 Å². The first-order valence-electron chi connectivity index (χ1n) is 7.32. The second kappa shape index (κ2) is 5.64. The van der Waals surface area contributed by atoms with Crippen molar-refractivity contribution in [3.05, 3.63) is 52.9 Å². The van der Waals surface area contributed by atoms with Gasteiger partial charge in [0.25, 0.3) is 0 Å². The Morgan fingerprint density at radius 3 is 2.57 bits per heavy atom. The van der Waals surface area contributed by atoms with Crippen LogP contribution in [-0.4, -0.2) is 16.5 Å². The molecule has 0 spiro atoms. The van der Waals surface area contributed by atoms with Crippen LogP contribution in [0.25, 0.3) is 22.3 Å². The lowest BCUT2D eigenvalue weighted by molar-refractivity contribution is -0.447. The van der Waals surface area contributed by atoms with Crippen molar-refractivity contribution < 1.29 is 14.4 Å². The number of anilines is 1. The SMILES string of the molecule is CCOc1ccc2c(c1)n(O)c(-c1ccc(C)cc1)c(N)[n+]2=O. The smallest absolute Gasteiger partial charge is 0.345 e. The van der Waals surface area contributed by atoms with Crippen LogP contribution < -0.4 is 14.9 Å². The fourth-order valence-electron chi connectivity index (χ4n) is 2.54. The Kier molecular flexibility index (Phi) is 3.65. The van der Waals surface area contributed by atoms with E-state index < -0.39 is 0 Å². The van der Waals surface area contributed by atoms with Crippen LogP contribution in [0, 0.1) is 11.8 Å². The predicted molar refractivity (Wildman–Crippen MR) is 88.2 cm³/mol. The topological polar surface area (TPSA) is 83.4 Å². The fraction of sp³-hybridized carbons (Fsp3) is 0.176. The maximum Gasteiger partial charge on any atom is 0.345 e. The lowest BCUT2D eigenvalue weighted by atomic mass is 10.1. The highest BCUT2D eigenvalue weighted by Crippen LogP contribution is 2.27. The van der Waals surface area contributed by atoms with Gasteiger partial charge in [0, 0.05) is 16.1 Å². The molecule has 0 saturated heterocycles. The molecule has 6 nitrogen and oxygen atoms in total. The molecule has 0 aliphatic heterocycles. The Morgan fingerprint density at radius 1 is 1.22 bits per heavy atom. The van der Waals surface area contributed by atoms with Gasteiger partial charge >= 0.3 is 5.82 Å². The van der Waals surface area contributed by atoms with Crippen LogP contribution in [0.15, 0.2) is 42.5 Å². The summed E-state index contributed by atoms with van der Waals surface area (Å²) in [4.78, 5) is 12.4. The largest absolute Gasteiger partial charge is 0.494 e. The first kappa shape index (κ1) is 14.9. The molecule has 0 unspecified atom stereocenters. The summed E-state index contributed by atoms with van der Waals surface area (Å²) in [7, 11) is 0. The van der Waals surface area contributed by atoms with Gasteiger partial charge in [0.2, 0.25) is 5.52 Å². The fourth-order valence-corrected chi connectivity index (χ4v) is 2.54. The van der Waals surface area contributed by atoms with Crippen LogP contribution in [0.5, 0.6) is 5.75 Å². The summed E-state index contributed by atoms with van der Waals surface area (Å²) in [5, 5.41) is 10.6. The highest BCUT2D eigenvalue weighted by Gasteiger charge is 2.22. The van der Waals surface area contributed by atoms with Gasteiger partial charge < -0.3 is 9.94 Å². The van der Waals surface area contributed by atoms with Gasteiger partial charge in [-0.15, -0.1) is 0 Å². The average molecular weight is 312 g/mol. The molecule has 0 radical (unpaired) electrons. The van der Waals surface area contributed by atoms with Crippen molar-refractivity contribution in [2.45, 2.75) is 13.8 Å². The molecule has 1 aromatic heterocycles. The molecule has 0 aliphatic rings. The van der Waals surface area contributed by atoms with Crippen LogP contribution in [-0.2, 0) is 0 Å². The summed E-state index contributed by atoms with van der Waals surface area (Å²) >= 11 is 0. The van der Waals surface area contributed by atoms with E-state index in [0.717, 1.165) is 10.3 Å². The Hall–Kier alpha value is -3.02. The van der Waals surface area contributed by atoms with E-state index in [4.69, 9.17) is 10.5 Å². The third kappa shape index (κ3) is 2.48. The molecule has 0 atom stereocenters. The summed E-state index contributed by atoms with van der Waals surface area (Å²) < 4.78 is 6.99. The average Bonchev–Trinajstić information content (AvgIpc) is 2.55. The van der Waals surface area contributed by atoms with E-state index in [1.54, 1.807) is 18.2 Å². The molecule has 1 heterocycles. The van der Waals surface area contributed by atoms with E-state index in [1.807, 2.05) is 38.1 Å². The zero-order valence-electron chi connectivity index (χ0n) is 13.0. The number of aromatic nitrogens is 2. The van der Waals surface area contributed by atoms with Crippen molar-refractivity contribution in [1.29, 1.82) is 0 Å². The Labute approximate surface area is 132 Å². The number of hydrogen-bond donors (Lipinski definition) is 2. The van der Waals surface area contributed by atoms with Crippen LogP contribution in [0.3, 0.4) is 0 Å². The molecule has 118 valence electrons. The van der Waals surface area contributed by atoms with Crippen LogP contribution in [0.1, 0.15) is 12.5 Å². The normalized spacial score (nSPS) is 10.9. The number of ether oxygens (including phenoxy) is 1. The number of benzene rings is 2. The summed E-state index contributed by atoms with van der Waals surface area (Å²) in [5.74, 6) is 0.510. The summed E-state index contributed by atoms with van der Waals surface area (Å²) in [6.45, 7) is 4.32. The number of rotatable bonds is 3. The van der Waals surface area contributed by atoms with Gasteiger partial charge in [0.15, 0.2) is 5.69 Å². The van der Waals surface area contributed by atoms with Gasteiger partial charge in [-0.05, 0) is 26.0 Å². The maximum atomic E-state index is 12.4. The number of nitrogen functional groups attached to an aromatic ring is 1. The minimum atomic E-state index is -0.0620. The number of aryl methyl sites for hydroxylation is 1. The van der Waals surface area contributed by atoms with Gasteiger partial charge in [-0.2, -0.15) is 4.73 Å². The quantitative estimate of drug-likeness (QED) is 0.575. The molecule has 0 fully saturated rings. The van der Waals surface area contributed by atoms with Gasteiger partial charge in [-0.3, -0.25) is 5.73 Å². The minimum absolute atomic E-state index is 0.0620. The lowest BCUT2D eigenvalue weighted by Gasteiger charge is -2.11. The highest BCUT2D eigenvalue weighted by atomic mass is 16.5. The Bertz CT molecular complexity index is 930. The molecule has 23 heavy (non-hydrogen) atoms. The molecule has 6 heteroatoms. The molecule has 3 N–H and O–H groups in total. The minimum Gasteiger partial charge on any atom is -0.494 e. The van der Waals surface area contributed by atoms with Crippen LogP contribution in [0.2, 0.25) is 0 Å². The summed E-state index contributed by atoms with van der Waals surface area (Å²) in [6.07, 6.45) is 0. The number of hydrogen-bond acceptors (Lipinski definition) is 4. The highest BCUT2D eigenvalue weighted by molar-refractivity contribution is 5.80. The summed E-state index contributed by atoms with van der Waals surface area (Å²) in [6, 6.07) is 12.3. The molecule has 0 amide bonds. The standard InChI is InChI=1S/C17H18N3O3/c1-3-23-13-8-9-14-15(10-13)19(21)16(17(18)20(14)22)12-6-4-11(2)5-7-12/h4-10,21H,3,18H2,1-2H3/q+1. The van der Waals surface area contributed by atoms with E-state index in [-0.39, 0.29) is 17.0 Å². The van der Waals surface area contributed by atoms with E-state index in [9.17, 15) is 10.1 Å². The maximum absolute atomic E-state index is 12.4. The molecule has 2 aromatic carbocycles. The van der Waals surface area contributed by atoms with Crippen molar-refractivity contribution in [2.24, 2.45) is 0 Å². The lowest BCUT2D eigenvalue weighted by Crippen LogP contribution is -2.25. The molecule has 0 bridgehead atoms. The van der Waals surface area contributed by atoms with E-state index >= 15 is 0 Å². The third-order valence-corrected chi connectivity index (χ3v) is 3.70. The Morgan fingerprint density at radius 2 is 1.91 bits per heavy atom. The second-order valence-electron chi connectivity index (χ2n) is 5.29. The number of nitrogens with two attached hydrogens (primary N) is 1. The van der Waals surface area contributed by atoms with Crippen molar-refractivity contribution in [3.8, 4) is 17.0 Å². The second-order valence-corrected chi connectivity index (χ2v) is 5.29. The molecular formula is C17H18N3O3+. The van der Waals surface area contributed by atoms with Crippen molar-refractivity contribution in [3.63, 3.8) is 0 Å². The van der Waals surface area contributed by atoms with Crippen LogP contribution >= 0.6 is 0 Å². The van der Waals surface area contributed by atoms with Gasteiger partial charge in [-0.1, -0.05) is 34.7 Å². The molecular weight excluding hydrogens is 294 g/mol. The van der Waals surface area contributed by atoms with Gasteiger partial charge in [0.1, 0.15) is 11.3 Å². The third-order valence-electron chi connectivity index (χ3n) is 3.70. The zero-order chi connectivity index (χ0) is 16.6.